The molecule has 19 heavy (non-hydrogen) atoms. The van der Waals surface area contributed by atoms with Gasteiger partial charge in [0.25, 0.3) is 0 Å². The Labute approximate surface area is 116 Å². The fourth-order valence-electron chi connectivity index (χ4n) is 2.24. The minimum Gasteiger partial charge on any atom is -0.370 e. The fraction of sp³-hybridized carbons (Fsp3) is 0.733. The number of anilines is 2. The number of nitrogens with zero attached hydrogens (tertiary/aromatic N) is 3. The zero-order valence-electron chi connectivity index (χ0n) is 12.6. The molecule has 0 saturated heterocycles. The maximum atomic E-state index is 4.63. The number of nitrogens with one attached hydrogen (secondary N) is 1. The summed E-state index contributed by atoms with van der Waals surface area (Å²) in [6, 6.07) is 2.79. The summed E-state index contributed by atoms with van der Waals surface area (Å²) in [4.78, 5) is 11.5. The van der Waals surface area contributed by atoms with E-state index in [0.717, 1.165) is 36.5 Å². The second-order valence-corrected chi connectivity index (χ2v) is 5.80. The molecule has 2 rings (SSSR count). The molecule has 1 N–H and O–H groups in total. The average molecular weight is 262 g/mol. The third-order valence-electron chi connectivity index (χ3n) is 3.41. The van der Waals surface area contributed by atoms with Gasteiger partial charge in [-0.15, -0.1) is 0 Å². The minimum atomic E-state index is 0.697. The Morgan fingerprint density at radius 1 is 1.37 bits per heavy atom. The molecule has 1 aliphatic rings. The van der Waals surface area contributed by atoms with Gasteiger partial charge in [-0.1, -0.05) is 13.8 Å². The third-order valence-corrected chi connectivity index (χ3v) is 3.41. The SMILES string of the molecule is CCNc1cc(N(CCC(C)C)C2CC2)nc(C)n1. The van der Waals surface area contributed by atoms with Gasteiger partial charge in [-0.05, 0) is 39.0 Å². The highest BCUT2D eigenvalue weighted by Crippen LogP contribution is 2.32. The standard InChI is InChI=1S/C15H26N4/c1-5-16-14-10-15(18-12(4)17-14)19(13-6-7-13)9-8-11(2)3/h10-11,13H,5-9H2,1-4H3,(H,16,17,18). The summed E-state index contributed by atoms with van der Waals surface area (Å²) in [7, 11) is 0. The zero-order chi connectivity index (χ0) is 13.8. The van der Waals surface area contributed by atoms with Gasteiger partial charge in [0.15, 0.2) is 0 Å². The number of aryl methyl sites for hydroxylation is 1. The van der Waals surface area contributed by atoms with Gasteiger partial charge in [-0.3, -0.25) is 0 Å². The van der Waals surface area contributed by atoms with Crippen LogP contribution in [0.15, 0.2) is 6.07 Å². The Morgan fingerprint density at radius 2 is 2.11 bits per heavy atom. The van der Waals surface area contributed by atoms with E-state index in [1.54, 1.807) is 0 Å². The maximum absolute atomic E-state index is 4.63. The molecule has 0 atom stereocenters. The summed E-state index contributed by atoms with van der Waals surface area (Å²) in [5.41, 5.74) is 0. The fourth-order valence-corrected chi connectivity index (χ4v) is 2.24. The summed E-state index contributed by atoms with van der Waals surface area (Å²) in [6.07, 6.45) is 3.82. The second-order valence-electron chi connectivity index (χ2n) is 5.80. The molecular weight excluding hydrogens is 236 g/mol. The van der Waals surface area contributed by atoms with Crippen molar-refractivity contribution in [3.8, 4) is 0 Å². The van der Waals surface area contributed by atoms with Crippen LogP contribution in [0, 0.1) is 12.8 Å². The van der Waals surface area contributed by atoms with Crippen LogP contribution in [-0.2, 0) is 0 Å². The van der Waals surface area contributed by atoms with Gasteiger partial charge in [0.1, 0.15) is 17.5 Å². The predicted molar refractivity (Wildman–Crippen MR) is 80.8 cm³/mol. The van der Waals surface area contributed by atoms with Crippen molar-refractivity contribution in [3.05, 3.63) is 11.9 Å². The van der Waals surface area contributed by atoms with E-state index >= 15 is 0 Å². The van der Waals surface area contributed by atoms with E-state index in [4.69, 9.17) is 0 Å². The predicted octanol–water partition coefficient (Wildman–Crippen LogP) is 3.23. The molecule has 0 amide bonds. The first-order valence-electron chi connectivity index (χ1n) is 7.46. The van der Waals surface area contributed by atoms with Crippen LogP contribution in [0.1, 0.15) is 45.9 Å². The summed E-state index contributed by atoms with van der Waals surface area (Å²) in [5, 5.41) is 3.29. The number of rotatable bonds is 7. The van der Waals surface area contributed by atoms with Crippen LogP contribution in [0.5, 0.6) is 0 Å². The molecule has 1 fully saturated rings. The van der Waals surface area contributed by atoms with Crippen molar-refractivity contribution in [3.63, 3.8) is 0 Å². The summed E-state index contributed by atoms with van der Waals surface area (Å²) < 4.78 is 0. The van der Waals surface area contributed by atoms with Gasteiger partial charge in [0.05, 0.1) is 0 Å². The molecule has 1 aromatic rings. The monoisotopic (exact) mass is 262 g/mol. The summed E-state index contributed by atoms with van der Waals surface area (Å²) >= 11 is 0. The highest BCUT2D eigenvalue weighted by molar-refractivity contribution is 5.50. The third kappa shape index (κ3) is 4.08. The van der Waals surface area contributed by atoms with Gasteiger partial charge in [-0.25, -0.2) is 9.97 Å². The largest absolute Gasteiger partial charge is 0.370 e. The van der Waals surface area contributed by atoms with Crippen LogP contribution in [0.3, 0.4) is 0 Å². The number of hydrogen-bond donors (Lipinski definition) is 1. The quantitative estimate of drug-likeness (QED) is 0.819. The first-order chi connectivity index (χ1) is 9.10. The van der Waals surface area contributed by atoms with Crippen LogP contribution < -0.4 is 10.2 Å². The molecule has 0 bridgehead atoms. The Kier molecular flexibility index (Phi) is 4.61. The van der Waals surface area contributed by atoms with Gasteiger partial charge >= 0.3 is 0 Å². The lowest BCUT2D eigenvalue weighted by Gasteiger charge is -2.25. The molecule has 0 aliphatic heterocycles. The van der Waals surface area contributed by atoms with Crippen molar-refractivity contribution < 1.29 is 0 Å². The maximum Gasteiger partial charge on any atom is 0.134 e. The highest BCUT2D eigenvalue weighted by Gasteiger charge is 2.30. The van der Waals surface area contributed by atoms with E-state index in [2.05, 4.69) is 47.0 Å². The Hall–Kier alpha value is -1.32. The lowest BCUT2D eigenvalue weighted by atomic mass is 10.1. The molecule has 106 valence electrons. The van der Waals surface area contributed by atoms with Crippen molar-refractivity contribution in [1.29, 1.82) is 0 Å². The van der Waals surface area contributed by atoms with Crippen LogP contribution >= 0.6 is 0 Å². The zero-order valence-corrected chi connectivity index (χ0v) is 12.6. The van der Waals surface area contributed by atoms with E-state index in [0.29, 0.717) is 6.04 Å². The highest BCUT2D eigenvalue weighted by atomic mass is 15.2. The molecule has 1 aliphatic carbocycles. The normalized spacial score (nSPS) is 14.8. The molecule has 1 aromatic heterocycles. The van der Waals surface area contributed by atoms with E-state index in [9.17, 15) is 0 Å². The van der Waals surface area contributed by atoms with Crippen molar-refractivity contribution in [1.82, 2.24) is 9.97 Å². The first-order valence-corrected chi connectivity index (χ1v) is 7.46. The minimum absolute atomic E-state index is 0.697. The van der Waals surface area contributed by atoms with Crippen LogP contribution in [0.2, 0.25) is 0 Å². The average Bonchev–Trinajstić information content (AvgIpc) is 3.13. The van der Waals surface area contributed by atoms with Gasteiger partial charge < -0.3 is 10.2 Å². The molecule has 0 radical (unpaired) electrons. The Bertz CT molecular complexity index is 413. The van der Waals surface area contributed by atoms with Gasteiger partial charge in [0, 0.05) is 25.2 Å². The van der Waals surface area contributed by atoms with Gasteiger partial charge in [0.2, 0.25) is 0 Å². The van der Waals surface area contributed by atoms with Crippen LogP contribution in [0.4, 0.5) is 11.6 Å². The Balaban J connectivity index is 2.15. The van der Waals surface area contributed by atoms with Crippen LogP contribution in [0.25, 0.3) is 0 Å². The van der Waals surface area contributed by atoms with E-state index < -0.39 is 0 Å². The topological polar surface area (TPSA) is 41.0 Å². The van der Waals surface area contributed by atoms with E-state index in [-0.39, 0.29) is 0 Å². The lowest BCUT2D eigenvalue weighted by molar-refractivity contribution is 0.568. The van der Waals surface area contributed by atoms with Crippen LogP contribution in [-0.4, -0.2) is 29.1 Å². The smallest absolute Gasteiger partial charge is 0.134 e. The lowest BCUT2D eigenvalue weighted by Crippen LogP contribution is -2.29. The summed E-state index contributed by atoms with van der Waals surface area (Å²) in [6.45, 7) is 10.6. The molecule has 0 aromatic carbocycles. The number of aromatic nitrogens is 2. The summed E-state index contributed by atoms with van der Waals surface area (Å²) in [5.74, 6) is 3.62. The molecule has 4 heteroatoms. The van der Waals surface area contributed by atoms with Crippen molar-refractivity contribution in [2.24, 2.45) is 5.92 Å². The van der Waals surface area contributed by atoms with Gasteiger partial charge in [-0.2, -0.15) is 0 Å². The molecule has 0 unspecified atom stereocenters. The molecule has 4 nitrogen and oxygen atoms in total. The molecule has 1 saturated carbocycles. The Morgan fingerprint density at radius 3 is 2.68 bits per heavy atom. The molecule has 1 heterocycles. The van der Waals surface area contributed by atoms with Crippen molar-refractivity contribution in [2.75, 3.05) is 23.3 Å². The van der Waals surface area contributed by atoms with E-state index in [1.807, 2.05) is 6.92 Å². The van der Waals surface area contributed by atoms with Crippen molar-refractivity contribution >= 4 is 11.6 Å². The molecule has 0 spiro atoms. The second kappa shape index (κ2) is 6.22. The first kappa shape index (κ1) is 14.1. The number of hydrogen-bond acceptors (Lipinski definition) is 4. The van der Waals surface area contributed by atoms with E-state index in [1.165, 1.54) is 19.3 Å². The molecular formula is C15H26N4. The van der Waals surface area contributed by atoms with Crippen molar-refractivity contribution in [2.45, 2.75) is 53.0 Å².